The molecule has 0 aliphatic carbocycles. The first-order valence-corrected chi connectivity index (χ1v) is 4.84. The van der Waals surface area contributed by atoms with Gasteiger partial charge in [0.2, 0.25) is 0 Å². The van der Waals surface area contributed by atoms with Crippen LogP contribution in [0.1, 0.15) is 26.2 Å². The first-order chi connectivity index (χ1) is 5.38. The minimum Gasteiger partial charge on any atom is -0.315 e. The lowest BCUT2D eigenvalue weighted by atomic mass is 10.2. The van der Waals surface area contributed by atoms with E-state index in [-0.39, 0.29) is 0 Å². The Bertz CT molecular complexity index is 130. The zero-order valence-electron chi connectivity index (χ0n) is 7.34. The monoisotopic (exact) mass is 154 g/mol. The lowest BCUT2D eigenvalue weighted by Crippen LogP contribution is -2.38. The highest BCUT2D eigenvalue weighted by Crippen LogP contribution is 2.21. The summed E-state index contributed by atoms with van der Waals surface area (Å²) in [5.41, 5.74) is 0. The molecule has 0 aromatic carbocycles. The van der Waals surface area contributed by atoms with Gasteiger partial charge in [0.05, 0.1) is 0 Å². The van der Waals surface area contributed by atoms with Gasteiger partial charge in [-0.3, -0.25) is 4.90 Å². The van der Waals surface area contributed by atoms with Gasteiger partial charge in [0.1, 0.15) is 0 Å². The SMILES string of the molecule is CC1CCCN1C1CCNC1. The molecule has 2 heterocycles. The lowest BCUT2D eigenvalue weighted by Gasteiger charge is -2.27. The fourth-order valence-electron chi connectivity index (χ4n) is 2.42. The van der Waals surface area contributed by atoms with Gasteiger partial charge in [0.25, 0.3) is 0 Å². The van der Waals surface area contributed by atoms with Gasteiger partial charge in [-0.25, -0.2) is 0 Å². The second-order valence-electron chi connectivity index (χ2n) is 3.88. The maximum atomic E-state index is 3.43. The van der Waals surface area contributed by atoms with Crippen LogP contribution in [-0.2, 0) is 0 Å². The van der Waals surface area contributed by atoms with Crippen LogP contribution in [0.5, 0.6) is 0 Å². The van der Waals surface area contributed by atoms with E-state index >= 15 is 0 Å². The molecule has 2 rings (SSSR count). The second-order valence-corrected chi connectivity index (χ2v) is 3.88. The summed E-state index contributed by atoms with van der Waals surface area (Å²) in [5, 5.41) is 3.43. The molecule has 0 bridgehead atoms. The summed E-state index contributed by atoms with van der Waals surface area (Å²) < 4.78 is 0. The highest BCUT2D eigenvalue weighted by Gasteiger charge is 2.29. The van der Waals surface area contributed by atoms with Gasteiger partial charge in [0.15, 0.2) is 0 Å². The quantitative estimate of drug-likeness (QED) is 0.602. The largest absolute Gasteiger partial charge is 0.315 e. The average Bonchev–Trinajstić information content (AvgIpc) is 2.55. The van der Waals surface area contributed by atoms with Crippen molar-refractivity contribution in [3.63, 3.8) is 0 Å². The van der Waals surface area contributed by atoms with Gasteiger partial charge in [0, 0.05) is 18.6 Å². The third-order valence-electron chi connectivity index (χ3n) is 3.11. The van der Waals surface area contributed by atoms with Crippen molar-refractivity contribution in [1.29, 1.82) is 0 Å². The maximum absolute atomic E-state index is 3.43. The Hall–Kier alpha value is -0.0800. The summed E-state index contributed by atoms with van der Waals surface area (Å²) in [5.74, 6) is 0. The Kier molecular flexibility index (Phi) is 2.14. The van der Waals surface area contributed by atoms with Crippen molar-refractivity contribution in [1.82, 2.24) is 10.2 Å². The van der Waals surface area contributed by atoms with Crippen molar-refractivity contribution >= 4 is 0 Å². The number of hydrogen-bond donors (Lipinski definition) is 1. The molecule has 0 aromatic heterocycles. The van der Waals surface area contributed by atoms with Crippen molar-refractivity contribution in [3.8, 4) is 0 Å². The molecule has 2 saturated heterocycles. The summed E-state index contributed by atoms with van der Waals surface area (Å²) in [6.07, 6.45) is 4.19. The molecule has 0 saturated carbocycles. The van der Waals surface area contributed by atoms with E-state index in [2.05, 4.69) is 17.1 Å². The van der Waals surface area contributed by atoms with Crippen LogP contribution < -0.4 is 5.32 Å². The van der Waals surface area contributed by atoms with Crippen LogP contribution >= 0.6 is 0 Å². The molecule has 0 aromatic rings. The molecule has 2 nitrogen and oxygen atoms in total. The molecule has 2 unspecified atom stereocenters. The van der Waals surface area contributed by atoms with Crippen LogP contribution in [0.25, 0.3) is 0 Å². The van der Waals surface area contributed by atoms with Gasteiger partial charge in [-0.1, -0.05) is 0 Å². The standard InChI is InChI=1S/C9H18N2/c1-8-3-2-6-11(8)9-4-5-10-7-9/h8-10H,2-7H2,1H3. The predicted octanol–water partition coefficient (Wildman–Crippen LogP) is 0.833. The van der Waals surface area contributed by atoms with E-state index in [1.165, 1.54) is 38.9 Å². The molecule has 0 radical (unpaired) electrons. The minimum absolute atomic E-state index is 0.847. The van der Waals surface area contributed by atoms with Crippen molar-refractivity contribution in [2.24, 2.45) is 0 Å². The zero-order chi connectivity index (χ0) is 7.68. The summed E-state index contributed by atoms with van der Waals surface area (Å²) >= 11 is 0. The van der Waals surface area contributed by atoms with Crippen LogP contribution in [0.4, 0.5) is 0 Å². The fraction of sp³-hybridized carbons (Fsp3) is 1.00. The molecular weight excluding hydrogens is 136 g/mol. The number of rotatable bonds is 1. The van der Waals surface area contributed by atoms with Crippen LogP contribution in [0.3, 0.4) is 0 Å². The topological polar surface area (TPSA) is 15.3 Å². The Balaban J connectivity index is 1.92. The normalized spacial score (nSPS) is 40.1. The summed E-state index contributed by atoms with van der Waals surface area (Å²) in [4.78, 5) is 2.68. The van der Waals surface area contributed by atoms with Gasteiger partial charge in [-0.2, -0.15) is 0 Å². The first kappa shape index (κ1) is 7.56. The molecule has 1 N–H and O–H groups in total. The molecule has 2 aliphatic heterocycles. The molecule has 2 heteroatoms. The summed E-state index contributed by atoms with van der Waals surface area (Å²) in [7, 11) is 0. The molecule has 0 spiro atoms. The molecular formula is C9H18N2. The van der Waals surface area contributed by atoms with E-state index in [4.69, 9.17) is 0 Å². The second kappa shape index (κ2) is 3.11. The molecule has 2 fully saturated rings. The Morgan fingerprint density at radius 3 is 2.82 bits per heavy atom. The molecule has 64 valence electrons. The highest BCUT2D eigenvalue weighted by atomic mass is 15.2. The Labute approximate surface area is 69.0 Å². The van der Waals surface area contributed by atoms with E-state index in [0.29, 0.717) is 0 Å². The third-order valence-corrected chi connectivity index (χ3v) is 3.11. The Morgan fingerprint density at radius 1 is 1.36 bits per heavy atom. The smallest absolute Gasteiger partial charge is 0.0235 e. The average molecular weight is 154 g/mol. The maximum Gasteiger partial charge on any atom is 0.0235 e. The number of nitrogens with zero attached hydrogens (tertiary/aromatic N) is 1. The fourth-order valence-corrected chi connectivity index (χ4v) is 2.42. The van der Waals surface area contributed by atoms with E-state index in [1.54, 1.807) is 0 Å². The summed E-state index contributed by atoms with van der Waals surface area (Å²) in [6, 6.07) is 1.70. The molecule has 2 atom stereocenters. The number of nitrogens with one attached hydrogen (secondary N) is 1. The lowest BCUT2D eigenvalue weighted by molar-refractivity contribution is 0.202. The van der Waals surface area contributed by atoms with Gasteiger partial charge < -0.3 is 5.32 Å². The van der Waals surface area contributed by atoms with Crippen LogP contribution in [-0.4, -0.2) is 36.6 Å². The van der Waals surface area contributed by atoms with Crippen molar-refractivity contribution in [3.05, 3.63) is 0 Å². The van der Waals surface area contributed by atoms with E-state index in [9.17, 15) is 0 Å². The number of likely N-dealkylation sites (tertiary alicyclic amines) is 1. The predicted molar refractivity (Wildman–Crippen MR) is 46.7 cm³/mol. The zero-order valence-corrected chi connectivity index (χ0v) is 7.34. The van der Waals surface area contributed by atoms with Crippen LogP contribution in [0, 0.1) is 0 Å². The number of hydrogen-bond acceptors (Lipinski definition) is 2. The highest BCUT2D eigenvalue weighted by molar-refractivity contribution is 4.86. The van der Waals surface area contributed by atoms with E-state index in [0.717, 1.165) is 12.1 Å². The van der Waals surface area contributed by atoms with Gasteiger partial charge >= 0.3 is 0 Å². The van der Waals surface area contributed by atoms with Crippen molar-refractivity contribution in [2.45, 2.75) is 38.3 Å². The van der Waals surface area contributed by atoms with Gasteiger partial charge in [-0.15, -0.1) is 0 Å². The van der Waals surface area contributed by atoms with Crippen LogP contribution in [0.2, 0.25) is 0 Å². The van der Waals surface area contributed by atoms with Gasteiger partial charge in [-0.05, 0) is 39.3 Å². The molecule has 0 amide bonds. The van der Waals surface area contributed by atoms with E-state index < -0.39 is 0 Å². The third kappa shape index (κ3) is 1.42. The molecule has 11 heavy (non-hydrogen) atoms. The van der Waals surface area contributed by atoms with Crippen molar-refractivity contribution < 1.29 is 0 Å². The van der Waals surface area contributed by atoms with Crippen LogP contribution in [0.15, 0.2) is 0 Å². The Morgan fingerprint density at radius 2 is 2.27 bits per heavy atom. The first-order valence-electron chi connectivity index (χ1n) is 4.84. The van der Waals surface area contributed by atoms with Crippen molar-refractivity contribution in [2.75, 3.05) is 19.6 Å². The molecule has 2 aliphatic rings. The minimum atomic E-state index is 0.847. The van der Waals surface area contributed by atoms with E-state index in [1.807, 2.05) is 0 Å². The summed E-state index contributed by atoms with van der Waals surface area (Å²) in [6.45, 7) is 6.16.